The quantitative estimate of drug-likeness (QED) is 0.221. The molecule has 1 aromatic carbocycles. The van der Waals surface area contributed by atoms with Gasteiger partial charge in [-0.3, -0.25) is 14.9 Å². The minimum Gasteiger partial charge on any atom is -0.465 e. The number of benzene rings is 1. The van der Waals surface area contributed by atoms with Crippen LogP contribution >= 0.6 is 23.4 Å². The number of nitrogens with zero attached hydrogens (tertiary/aromatic N) is 4. The number of aromatic nitrogens is 2. The number of anilines is 1. The molecule has 1 N–H and O–H groups in total. The monoisotopic (exact) mass is 423 g/mol. The predicted octanol–water partition coefficient (Wildman–Crippen LogP) is 3.40. The zero-order valence-electron chi connectivity index (χ0n) is 14.8. The van der Waals surface area contributed by atoms with Gasteiger partial charge >= 0.3 is 17.5 Å². The standard InChI is InChI=1S/C16H14ClN5O5S/c1-3-26-12(23)8-19-14-13(22(24)25)15(21-16(20-14)28-2)27-11-6-9(7-18)4-5-10(11)17/h4-6H,3,8H2,1-2H3,(H,19,20,21). The van der Waals surface area contributed by atoms with Crippen molar-refractivity contribution < 1.29 is 19.2 Å². The van der Waals surface area contributed by atoms with E-state index in [-0.39, 0.29) is 46.3 Å². The number of carbonyl (C=O) groups excluding carboxylic acids is 1. The summed E-state index contributed by atoms with van der Waals surface area (Å²) in [7, 11) is 0. The SMILES string of the molecule is CCOC(=O)CNc1nc(SC)nc(Oc2cc(C#N)ccc2Cl)c1[N+](=O)[O-]. The van der Waals surface area contributed by atoms with Crippen molar-refractivity contribution in [2.45, 2.75) is 12.1 Å². The molecule has 0 spiro atoms. The van der Waals surface area contributed by atoms with Gasteiger partial charge in [-0.15, -0.1) is 0 Å². The van der Waals surface area contributed by atoms with Crippen LogP contribution < -0.4 is 10.1 Å². The second-order valence-electron chi connectivity index (χ2n) is 4.99. The minimum atomic E-state index is -0.741. The number of esters is 1. The molecule has 0 aliphatic heterocycles. The third kappa shape index (κ3) is 5.21. The third-order valence-electron chi connectivity index (χ3n) is 3.17. The van der Waals surface area contributed by atoms with Crippen molar-refractivity contribution in [3.8, 4) is 17.7 Å². The molecular formula is C16H14ClN5O5S. The lowest BCUT2D eigenvalue weighted by Gasteiger charge is -2.11. The van der Waals surface area contributed by atoms with E-state index >= 15 is 0 Å². The Bertz CT molecular complexity index is 950. The molecule has 0 fully saturated rings. The van der Waals surface area contributed by atoms with E-state index in [1.165, 1.54) is 18.2 Å². The molecule has 1 aromatic heterocycles. The first-order valence-corrected chi connectivity index (χ1v) is 9.37. The van der Waals surface area contributed by atoms with Gasteiger partial charge in [-0.1, -0.05) is 23.4 Å². The fourth-order valence-corrected chi connectivity index (χ4v) is 2.50. The van der Waals surface area contributed by atoms with E-state index in [9.17, 15) is 14.9 Å². The molecule has 0 atom stereocenters. The molecule has 2 rings (SSSR count). The minimum absolute atomic E-state index is 0.0194. The van der Waals surface area contributed by atoms with E-state index in [2.05, 4.69) is 15.3 Å². The molecule has 0 saturated heterocycles. The van der Waals surface area contributed by atoms with Crippen molar-refractivity contribution >= 4 is 40.8 Å². The van der Waals surface area contributed by atoms with E-state index in [4.69, 9.17) is 26.3 Å². The summed E-state index contributed by atoms with van der Waals surface area (Å²) in [5.74, 6) is -1.17. The first-order chi connectivity index (χ1) is 13.4. The number of nitriles is 1. The molecule has 0 aliphatic rings. The van der Waals surface area contributed by atoms with Crippen molar-refractivity contribution in [3.05, 3.63) is 38.9 Å². The Morgan fingerprint density at radius 3 is 2.82 bits per heavy atom. The lowest BCUT2D eigenvalue weighted by Crippen LogP contribution is -2.18. The normalized spacial score (nSPS) is 10.1. The van der Waals surface area contributed by atoms with Crippen LogP contribution in [0.5, 0.6) is 11.6 Å². The Balaban J connectivity index is 2.48. The number of nitro groups is 1. The van der Waals surface area contributed by atoms with Gasteiger partial charge in [-0.05, 0) is 25.3 Å². The number of carbonyl (C=O) groups is 1. The summed E-state index contributed by atoms with van der Waals surface area (Å²) in [5, 5.41) is 23.5. The van der Waals surface area contributed by atoms with Crippen LogP contribution in [0.15, 0.2) is 23.4 Å². The maximum Gasteiger partial charge on any atom is 0.373 e. The Morgan fingerprint density at radius 1 is 1.46 bits per heavy atom. The highest BCUT2D eigenvalue weighted by molar-refractivity contribution is 7.98. The molecule has 28 heavy (non-hydrogen) atoms. The summed E-state index contributed by atoms with van der Waals surface area (Å²) in [5.41, 5.74) is -0.331. The lowest BCUT2D eigenvalue weighted by atomic mass is 10.2. The number of hydrogen-bond acceptors (Lipinski definition) is 10. The molecule has 0 bridgehead atoms. The molecule has 1 heterocycles. The number of ether oxygens (including phenoxy) is 2. The fraction of sp³-hybridized carbons (Fsp3) is 0.250. The van der Waals surface area contributed by atoms with Gasteiger partial charge in [0.15, 0.2) is 5.16 Å². The van der Waals surface area contributed by atoms with Crippen LogP contribution in [0.25, 0.3) is 0 Å². The Labute approximate surface area is 169 Å². The highest BCUT2D eigenvalue weighted by atomic mass is 35.5. The van der Waals surface area contributed by atoms with E-state index in [0.717, 1.165) is 11.8 Å². The van der Waals surface area contributed by atoms with Gasteiger partial charge in [0, 0.05) is 6.07 Å². The van der Waals surface area contributed by atoms with Gasteiger partial charge in [0.2, 0.25) is 5.82 Å². The Morgan fingerprint density at radius 2 is 2.21 bits per heavy atom. The highest BCUT2D eigenvalue weighted by Crippen LogP contribution is 2.38. The summed E-state index contributed by atoms with van der Waals surface area (Å²) >= 11 is 7.17. The number of halogens is 1. The molecule has 146 valence electrons. The predicted molar refractivity (Wildman–Crippen MR) is 102 cm³/mol. The van der Waals surface area contributed by atoms with Gasteiger partial charge < -0.3 is 14.8 Å². The van der Waals surface area contributed by atoms with Crippen molar-refractivity contribution in [2.75, 3.05) is 24.7 Å². The smallest absolute Gasteiger partial charge is 0.373 e. The molecule has 10 nitrogen and oxygen atoms in total. The average Bonchev–Trinajstić information content (AvgIpc) is 2.67. The van der Waals surface area contributed by atoms with Crippen LogP contribution in [0, 0.1) is 21.4 Å². The lowest BCUT2D eigenvalue weighted by molar-refractivity contribution is -0.385. The summed E-state index contributed by atoms with van der Waals surface area (Å²) in [6.07, 6.45) is 1.67. The van der Waals surface area contributed by atoms with E-state index in [0.29, 0.717) is 0 Å². The molecule has 0 amide bonds. The Kier molecular flexibility index (Phi) is 7.36. The maximum atomic E-state index is 11.6. The van der Waals surface area contributed by atoms with Gasteiger partial charge in [0.1, 0.15) is 12.3 Å². The van der Waals surface area contributed by atoms with Crippen molar-refractivity contribution in [1.29, 1.82) is 5.26 Å². The van der Waals surface area contributed by atoms with Crippen molar-refractivity contribution in [2.24, 2.45) is 0 Å². The zero-order valence-corrected chi connectivity index (χ0v) is 16.3. The number of nitrogens with one attached hydrogen (secondary N) is 1. The first-order valence-electron chi connectivity index (χ1n) is 7.77. The van der Waals surface area contributed by atoms with Crippen LogP contribution in [0.1, 0.15) is 12.5 Å². The van der Waals surface area contributed by atoms with Gasteiger partial charge in [-0.2, -0.15) is 15.2 Å². The van der Waals surface area contributed by atoms with E-state index in [1.807, 2.05) is 6.07 Å². The molecule has 2 aromatic rings. The number of rotatable bonds is 8. The van der Waals surface area contributed by atoms with E-state index < -0.39 is 16.6 Å². The second-order valence-corrected chi connectivity index (χ2v) is 6.17. The van der Waals surface area contributed by atoms with Crippen molar-refractivity contribution in [1.82, 2.24) is 9.97 Å². The third-order valence-corrected chi connectivity index (χ3v) is 4.03. The summed E-state index contributed by atoms with van der Waals surface area (Å²) in [6, 6.07) is 6.16. The second kappa shape index (κ2) is 9.72. The largest absolute Gasteiger partial charge is 0.465 e. The average molecular weight is 424 g/mol. The van der Waals surface area contributed by atoms with Gasteiger partial charge in [0.25, 0.3) is 0 Å². The van der Waals surface area contributed by atoms with Crippen LogP contribution in [0.2, 0.25) is 5.02 Å². The van der Waals surface area contributed by atoms with Crippen LogP contribution in [0.4, 0.5) is 11.5 Å². The number of hydrogen-bond donors (Lipinski definition) is 1. The van der Waals surface area contributed by atoms with Gasteiger partial charge in [0.05, 0.1) is 28.2 Å². The molecule has 12 heteroatoms. The topological polar surface area (TPSA) is 140 Å². The zero-order chi connectivity index (χ0) is 20.7. The molecule has 0 saturated carbocycles. The van der Waals surface area contributed by atoms with E-state index in [1.54, 1.807) is 13.2 Å². The highest BCUT2D eigenvalue weighted by Gasteiger charge is 2.28. The summed E-state index contributed by atoms with van der Waals surface area (Å²) in [4.78, 5) is 30.5. The first kappa shape index (κ1) is 21.2. The fourth-order valence-electron chi connectivity index (χ4n) is 1.99. The maximum absolute atomic E-state index is 11.6. The van der Waals surface area contributed by atoms with Crippen LogP contribution in [-0.2, 0) is 9.53 Å². The van der Waals surface area contributed by atoms with Crippen LogP contribution in [-0.4, -0.2) is 40.3 Å². The molecule has 0 radical (unpaired) electrons. The summed E-state index contributed by atoms with van der Waals surface area (Å²) in [6.45, 7) is 1.48. The summed E-state index contributed by atoms with van der Waals surface area (Å²) < 4.78 is 10.3. The van der Waals surface area contributed by atoms with Gasteiger partial charge in [-0.25, -0.2) is 0 Å². The Hall–Kier alpha value is -3.10. The molecule has 0 unspecified atom stereocenters. The molecule has 0 aliphatic carbocycles. The number of thioether (sulfide) groups is 1. The van der Waals surface area contributed by atoms with Crippen molar-refractivity contribution in [3.63, 3.8) is 0 Å². The van der Waals surface area contributed by atoms with Crippen LogP contribution in [0.3, 0.4) is 0 Å². The molecular weight excluding hydrogens is 410 g/mol.